The summed E-state index contributed by atoms with van der Waals surface area (Å²) in [5.74, 6) is -1.78. The lowest BCUT2D eigenvalue weighted by Gasteiger charge is -2.22. The third-order valence-corrected chi connectivity index (χ3v) is 3.84. The van der Waals surface area contributed by atoms with E-state index in [9.17, 15) is 9.59 Å². The van der Waals surface area contributed by atoms with Crippen LogP contribution in [0.25, 0.3) is 0 Å². The molecule has 1 atom stereocenters. The van der Waals surface area contributed by atoms with E-state index in [4.69, 9.17) is 10.2 Å². The van der Waals surface area contributed by atoms with E-state index in [1.165, 1.54) is 0 Å². The molecule has 128 valence electrons. The average Bonchev–Trinajstić information content (AvgIpc) is 2.45. The van der Waals surface area contributed by atoms with Crippen molar-refractivity contribution in [2.75, 3.05) is 26.7 Å². The van der Waals surface area contributed by atoms with Crippen molar-refractivity contribution in [2.24, 2.45) is 5.92 Å². The summed E-state index contributed by atoms with van der Waals surface area (Å²) in [6.45, 7) is 6.99. The molecule has 23 heavy (non-hydrogen) atoms. The van der Waals surface area contributed by atoms with E-state index in [1.54, 1.807) is 24.1 Å². The van der Waals surface area contributed by atoms with Gasteiger partial charge < -0.3 is 15.1 Å². The maximum absolute atomic E-state index is 12.6. The van der Waals surface area contributed by atoms with E-state index in [1.807, 2.05) is 12.1 Å². The molecule has 0 aliphatic rings. The monoisotopic (exact) mass is 321 g/mol. The Morgan fingerprint density at radius 1 is 1.17 bits per heavy atom. The van der Waals surface area contributed by atoms with Crippen molar-refractivity contribution in [3.8, 4) is 0 Å². The van der Waals surface area contributed by atoms with Crippen molar-refractivity contribution in [1.82, 2.24) is 4.90 Å². The van der Waals surface area contributed by atoms with Crippen LogP contribution in [-0.4, -0.2) is 53.6 Å². The van der Waals surface area contributed by atoms with Crippen LogP contribution in [0.2, 0.25) is 0 Å². The number of rotatable bonds is 8. The van der Waals surface area contributed by atoms with Crippen LogP contribution in [0.4, 0.5) is 0 Å². The quantitative estimate of drug-likeness (QED) is 0.718. The predicted octanol–water partition coefficient (Wildman–Crippen LogP) is 2.18. The molecule has 1 aromatic carbocycles. The minimum absolute atomic E-state index is 0.00336. The van der Waals surface area contributed by atoms with Gasteiger partial charge in [-0.05, 0) is 18.0 Å². The molecule has 1 unspecified atom stereocenters. The van der Waals surface area contributed by atoms with Crippen LogP contribution in [-0.2, 0) is 10.2 Å². The summed E-state index contributed by atoms with van der Waals surface area (Å²) < 4.78 is 0. The molecule has 1 rings (SSSR count). The van der Waals surface area contributed by atoms with Gasteiger partial charge in [0, 0.05) is 24.6 Å². The summed E-state index contributed by atoms with van der Waals surface area (Å²) in [5, 5.41) is 18.0. The molecule has 0 saturated heterocycles. The number of aliphatic hydroxyl groups is 1. The Hall–Kier alpha value is -1.72. The van der Waals surface area contributed by atoms with Gasteiger partial charge >= 0.3 is 5.97 Å². The van der Waals surface area contributed by atoms with Crippen LogP contribution >= 0.6 is 0 Å². The molecule has 0 radical (unpaired) electrons. The fourth-order valence-electron chi connectivity index (χ4n) is 2.46. The van der Waals surface area contributed by atoms with Gasteiger partial charge in [0.25, 0.3) is 0 Å². The third-order valence-electron chi connectivity index (χ3n) is 3.84. The number of aliphatic hydroxyl groups excluding tert-OH is 1. The number of ketones is 1. The second-order valence-corrected chi connectivity index (χ2v) is 6.97. The molecular formula is C18H27NO4. The second kappa shape index (κ2) is 8.22. The lowest BCUT2D eigenvalue weighted by atomic mass is 9.85. The van der Waals surface area contributed by atoms with Crippen LogP contribution in [0, 0.1) is 5.92 Å². The topological polar surface area (TPSA) is 77.8 Å². The number of benzene rings is 1. The smallest absolute Gasteiger partial charge is 0.304 e. The third kappa shape index (κ3) is 6.12. The molecule has 0 amide bonds. The predicted molar refractivity (Wildman–Crippen MR) is 89.8 cm³/mol. The minimum Gasteiger partial charge on any atom is -0.481 e. The van der Waals surface area contributed by atoms with E-state index in [-0.39, 0.29) is 24.2 Å². The molecular weight excluding hydrogens is 294 g/mol. The molecule has 0 bridgehead atoms. The molecule has 0 spiro atoms. The molecule has 0 aliphatic carbocycles. The highest BCUT2D eigenvalue weighted by molar-refractivity contribution is 5.99. The number of hydrogen-bond acceptors (Lipinski definition) is 4. The first-order valence-corrected chi connectivity index (χ1v) is 7.81. The molecule has 0 saturated carbocycles. The minimum atomic E-state index is -0.993. The highest BCUT2D eigenvalue weighted by Crippen LogP contribution is 2.23. The first-order chi connectivity index (χ1) is 10.6. The largest absolute Gasteiger partial charge is 0.481 e. The van der Waals surface area contributed by atoms with Gasteiger partial charge in [-0.25, -0.2) is 0 Å². The Morgan fingerprint density at radius 3 is 2.17 bits per heavy atom. The Morgan fingerprint density at radius 2 is 1.74 bits per heavy atom. The summed E-state index contributed by atoms with van der Waals surface area (Å²) in [4.78, 5) is 25.5. The number of carbonyl (C=O) groups excluding carboxylic acids is 1. The fraction of sp³-hybridized carbons (Fsp3) is 0.556. The molecule has 1 aromatic rings. The number of likely N-dealkylation sites (N-methyl/N-ethyl adjacent to an activating group) is 1. The van der Waals surface area contributed by atoms with Gasteiger partial charge in [-0.15, -0.1) is 0 Å². The van der Waals surface area contributed by atoms with Crippen LogP contribution < -0.4 is 0 Å². The number of nitrogens with zero attached hydrogens (tertiary/aromatic N) is 1. The lowest BCUT2D eigenvalue weighted by molar-refractivity contribution is -0.137. The van der Waals surface area contributed by atoms with Gasteiger partial charge in [0.05, 0.1) is 13.0 Å². The zero-order valence-corrected chi connectivity index (χ0v) is 14.4. The highest BCUT2D eigenvalue weighted by atomic mass is 16.4. The number of carbonyl (C=O) groups is 2. The first-order valence-electron chi connectivity index (χ1n) is 7.81. The average molecular weight is 321 g/mol. The Kier molecular flexibility index (Phi) is 6.91. The van der Waals surface area contributed by atoms with Gasteiger partial charge in [-0.1, -0.05) is 45.0 Å². The van der Waals surface area contributed by atoms with Gasteiger partial charge in [0.2, 0.25) is 0 Å². The molecule has 5 nitrogen and oxygen atoms in total. The number of aliphatic carboxylic acids is 1. The van der Waals surface area contributed by atoms with Crippen molar-refractivity contribution in [2.45, 2.75) is 32.6 Å². The van der Waals surface area contributed by atoms with Crippen LogP contribution in [0.15, 0.2) is 24.3 Å². The SMILES string of the molecule is CN(CCO)CC(CC(=O)O)C(=O)c1ccc(C(C)(C)C)cc1. The Balaban J connectivity index is 2.93. The molecule has 0 aliphatic heterocycles. The Labute approximate surface area is 137 Å². The van der Waals surface area contributed by atoms with E-state index >= 15 is 0 Å². The molecule has 0 aromatic heterocycles. The second-order valence-electron chi connectivity index (χ2n) is 6.97. The summed E-state index contributed by atoms with van der Waals surface area (Å²) in [7, 11) is 1.76. The molecule has 2 N–H and O–H groups in total. The lowest BCUT2D eigenvalue weighted by Crippen LogP contribution is -2.33. The maximum Gasteiger partial charge on any atom is 0.304 e. The zero-order chi connectivity index (χ0) is 17.6. The normalized spacial score (nSPS) is 13.1. The van der Waals surface area contributed by atoms with E-state index in [0.29, 0.717) is 18.7 Å². The fourth-order valence-corrected chi connectivity index (χ4v) is 2.46. The van der Waals surface area contributed by atoms with E-state index < -0.39 is 11.9 Å². The van der Waals surface area contributed by atoms with Crippen molar-refractivity contribution in [3.63, 3.8) is 0 Å². The number of Topliss-reactive ketones (excluding diaryl/α,β-unsaturated/α-hetero) is 1. The van der Waals surface area contributed by atoms with Crippen molar-refractivity contribution < 1.29 is 19.8 Å². The van der Waals surface area contributed by atoms with Crippen LogP contribution in [0.1, 0.15) is 43.1 Å². The number of hydrogen-bond donors (Lipinski definition) is 2. The van der Waals surface area contributed by atoms with E-state index in [0.717, 1.165) is 5.56 Å². The highest BCUT2D eigenvalue weighted by Gasteiger charge is 2.25. The van der Waals surface area contributed by atoms with Gasteiger partial charge in [0.15, 0.2) is 5.78 Å². The standard InChI is InChI=1S/C18H27NO4/c1-18(2,3)15-7-5-13(6-8-15)17(23)14(11-16(21)22)12-19(4)9-10-20/h5-8,14,20H,9-12H2,1-4H3,(H,21,22). The molecule has 5 heteroatoms. The number of carboxylic acids is 1. The zero-order valence-electron chi connectivity index (χ0n) is 14.4. The maximum atomic E-state index is 12.6. The van der Waals surface area contributed by atoms with Crippen LogP contribution in [0.3, 0.4) is 0 Å². The van der Waals surface area contributed by atoms with Gasteiger partial charge in [0.1, 0.15) is 0 Å². The summed E-state index contributed by atoms with van der Waals surface area (Å²) >= 11 is 0. The first kappa shape index (κ1) is 19.3. The molecule has 0 heterocycles. The summed E-state index contributed by atoms with van der Waals surface area (Å²) in [6, 6.07) is 7.37. The Bertz CT molecular complexity index is 531. The van der Waals surface area contributed by atoms with Gasteiger partial charge in [-0.2, -0.15) is 0 Å². The van der Waals surface area contributed by atoms with Crippen LogP contribution in [0.5, 0.6) is 0 Å². The van der Waals surface area contributed by atoms with E-state index in [2.05, 4.69) is 20.8 Å². The van der Waals surface area contributed by atoms with Crippen molar-refractivity contribution >= 4 is 11.8 Å². The number of carboxylic acid groups (broad SMARTS) is 1. The van der Waals surface area contributed by atoms with Crippen molar-refractivity contribution in [3.05, 3.63) is 35.4 Å². The van der Waals surface area contributed by atoms with Crippen molar-refractivity contribution in [1.29, 1.82) is 0 Å². The van der Waals surface area contributed by atoms with Gasteiger partial charge in [-0.3, -0.25) is 9.59 Å². The summed E-state index contributed by atoms with van der Waals surface area (Å²) in [6.07, 6.45) is -0.213. The molecule has 0 fully saturated rings. The summed E-state index contributed by atoms with van der Waals surface area (Å²) in [5.41, 5.74) is 1.66.